The Morgan fingerprint density at radius 1 is 1.50 bits per heavy atom. The van der Waals surface area contributed by atoms with Crippen molar-refractivity contribution < 1.29 is 13.9 Å². The lowest BCUT2D eigenvalue weighted by Gasteiger charge is -2.16. The van der Waals surface area contributed by atoms with E-state index in [0.29, 0.717) is 12.0 Å². The molecule has 0 aliphatic carbocycles. The van der Waals surface area contributed by atoms with Gasteiger partial charge in [-0.2, -0.15) is 0 Å². The number of benzene rings is 1. The van der Waals surface area contributed by atoms with Crippen LogP contribution in [0.25, 0.3) is 0 Å². The van der Waals surface area contributed by atoms with E-state index >= 15 is 0 Å². The second-order valence-corrected chi connectivity index (χ2v) is 3.48. The van der Waals surface area contributed by atoms with Crippen LogP contribution in [-0.4, -0.2) is 20.1 Å². The number of hydrogen-bond donors (Lipinski definition) is 1. The van der Waals surface area contributed by atoms with Gasteiger partial charge in [-0.15, -0.1) is 0 Å². The Balaban J connectivity index is 2.68. The molecular formula is C12H16FNO2. The lowest BCUT2D eigenvalue weighted by Crippen LogP contribution is -2.19. The van der Waals surface area contributed by atoms with Crippen LogP contribution in [0.15, 0.2) is 24.3 Å². The SMILES string of the molecule is CNC(CCC(=O)OC)c1ccccc1F. The topological polar surface area (TPSA) is 38.3 Å². The van der Waals surface area contributed by atoms with E-state index < -0.39 is 0 Å². The molecule has 16 heavy (non-hydrogen) atoms. The van der Waals surface area contributed by atoms with Crippen LogP contribution >= 0.6 is 0 Å². The summed E-state index contributed by atoms with van der Waals surface area (Å²) in [4.78, 5) is 11.0. The van der Waals surface area contributed by atoms with Gasteiger partial charge in [0.05, 0.1) is 7.11 Å². The summed E-state index contributed by atoms with van der Waals surface area (Å²) in [6, 6.07) is 6.39. The van der Waals surface area contributed by atoms with Crippen LogP contribution in [-0.2, 0) is 9.53 Å². The molecule has 0 heterocycles. The Morgan fingerprint density at radius 3 is 2.75 bits per heavy atom. The molecule has 0 radical (unpaired) electrons. The Kier molecular flexibility index (Phi) is 4.92. The third-order valence-electron chi connectivity index (χ3n) is 2.49. The van der Waals surface area contributed by atoms with Gasteiger partial charge in [-0.25, -0.2) is 4.39 Å². The van der Waals surface area contributed by atoms with Crippen molar-refractivity contribution in [1.29, 1.82) is 0 Å². The average Bonchev–Trinajstić information content (AvgIpc) is 2.31. The van der Waals surface area contributed by atoms with Crippen molar-refractivity contribution in [3.63, 3.8) is 0 Å². The van der Waals surface area contributed by atoms with Crippen molar-refractivity contribution in [2.45, 2.75) is 18.9 Å². The van der Waals surface area contributed by atoms with Gasteiger partial charge >= 0.3 is 5.97 Å². The number of hydrogen-bond acceptors (Lipinski definition) is 3. The molecule has 0 bridgehead atoms. The monoisotopic (exact) mass is 225 g/mol. The van der Waals surface area contributed by atoms with E-state index in [1.54, 1.807) is 25.2 Å². The van der Waals surface area contributed by atoms with Gasteiger partial charge in [0.1, 0.15) is 5.82 Å². The molecule has 0 fully saturated rings. The van der Waals surface area contributed by atoms with Gasteiger partial charge in [0.15, 0.2) is 0 Å². The summed E-state index contributed by atoms with van der Waals surface area (Å²) in [5.41, 5.74) is 0.578. The molecule has 4 heteroatoms. The minimum absolute atomic E-state index is 0.166. The first-order chi connectivity index (χ1) is 7.69. The molecule has 1 rings (SSSR count). The zero-order chi connectivity index (χ0) is 12.0. The van der Waals surface area contributed by atoms with Crippen LogP contribution < -0.4 is 5.32 Å². The highest BCUT2D eigenvalue weighted by Crippen LogP contribution is 2.20. The Bertz CT molecular complexity index is 355. The normalized spacial score (nSPS) is 12.2. The summed E-state index contributed by atoms with van der Waals surface area (Å²) < 4.78 is 18.0. The highest BCUT2D eigenvalue weighted by atomic mass is 19.1. The quantitative estimate of drug-likeness (QED) is 0.779. The second-order valence-electron chi connectivity index (χ2n) is 3.48. The number of nitrogens with one attached hydrogen (secondary N) is 1. The third kappa shape index (κ3) is 3.31. The van der Waals surface area contributed by atoms with Crippen molar-refractivity contribution in [1.82, 2.24) is 5.32 Å². The molecule has 0 spiro atoms. The second kappa shape index (κ2) is 6.23. The van der Waals surface area contributed by atoms with Gasteiger partial charge < -0.3 is 10.1 Å². The highest BCUT2D eigenvalue weighted by molar-refractivity contribution is 5.69. The lowest BCUT2D eigenvalue weighted by molar-refractivity contribution is -0.140. The largest absolute Gasteiger partial charge is 0.469 e. The molecule has 0 aliphatic rings. The Morgan fingerprint density at radius 2 is 2.19 bits per heavy atom. The van der Waals surface area contributed by atoms with Crippen molar-refractivity contribution in [2.75, 3.05) is 14.2 Å². The van der Waals surface area contributed by atoms with Crippen molar-refractivity contribution in [3.8, 4) is 0 Å². The van der Waals surface area contributed by atoms with Gasteiger partial charge in [-0.3, -0.25) is 4.79 Å². The average molecular weight is 225 g/mol. The van der Waals surface area contributed by atoms with Crippen molar-refractivity contribution in [3.05, 3.63) is 35.6 Å². The lowest BCUT2D eigenvalue weighted by atomic mass is 10.0. The smallest absolute Gasteiger partial charge is 0.305 e. The first-order valence-corrected chi connectivity index (χ1v) is 5.17. The maximum atomic E-state index is 13.5. The summed E-state index contributed by atoms with van der Waals surface area (Å²) in [6.07, 6.45) is 0.792. The summed E-state index contributed by atoms with van der Waals surface area (Å²) in [7, 11) is 3.09. The molecule has 1 atom stereocenters. The van der Waals surface area contributed by atoms with Gasteiger partial charge in [-0.1, -0.05) is 18.2 Å². The molecule has 0 saturated carbocycles. The molecule has 0 amide bonds. The molecule has 1 N–H and O–H groups in total. The maximum absolute atomic E-state index is 13.5. The van der Waals surface area contributed by atoms with Crippen LogP contribution in [0, 0.1) is 5.82 Å². The van der Waals surface area contributed by atoms with E-state index in [1.807, 2.05) is 0 Å². The molecule has 88 valence electrons. The summed E-state index contributed by atoms with van der Waals surface area (Å²) >= 11 is 0. The Hall–Kier alpha value is -1.42. The fourth-order valence-corrected chi connectivity index (χ4v) is 1.58. The molecule has 0 saturated heterocycles. The van der Waals surface area contributed by atoms with E-state index in [0.717, 1.165) is 0 Å². The first kappa shape index (κ1) is 12.6. The number of ether oxygens (including phenoxy) is 1. The first-order valence-electron chi connectivity index (χ1n) is 5.17. The van der Waals surface area contributed by atoms with Gasteiger partial charge in [0.25, 0.3) is 0 Å². The number of carbonyl (C=O) groups is 1. The van der Waals surface area contributed by atoms with Crippen molar-refractivity contribution >= 4 is 5.97 Å². The minimum Gasteiger partial charge on any atom is -0.469 e. The molecule has 1 aromatic carbocycles. The summed E-state index contributed by atoms with van der Waals surface area (Å²) in [5.74, 6) is -0.539. The zero-order valence-corrected chi connectivity index (χ0v) is 9.50. The zero-order valence-electron chi connectivity index (χ0n) is 9.50. The van der Waals surface area contributed by atoms with Gasteiger partial charge in [-0.05, 0) is 19.5 Å². The van der Waals surface area contributed by atoms with Gasteiger partial charge in [0, 0.05) is 18.0 Å². The highest BCUT2D eigenvalue weighted by Gasteiger charge is 2.14. The number of halogens is 1. The van der Waals surface area contributed by atoms with Crippen LogP contribution in [0.2, 0.25) is 0 Å². The van der Waals surface area contributed by atoms with E-state index in [4.69, 9.17) is 0 Å². The van der Waals surface area contributed by atoms with Crippen LogP contribution in [0.4, 0.5) is 4.39 Å². The Labute approximate surface area is 94.6 Å². The van der Waals surface area contributed by atoms with E-state index in [9.17, 15) is 9.18 Å². The predicted molar refractivity (Wildman–Crippen MR) is 59.5 cm³/mol. The van der Waals surface area contributed by atoms with Gasteiger partial charge in [0.2, 0.25) is 0 Å². The number of carbonyl (C=O) groups excluding carboxylic acids is 1. The van der Waals surface area contributed by atoms with Crippen LogP contribution in [0.1, 0.15) is 24.4 Å². The van der Waals surface area contributed by atoms with E-state index in [-0.39, 0.29) is 24.2 Å². The van der Waals surface area contributed by atoms with E-state index in [1.165, 1.54) is 13.2 Å². The molecular weight excluding hydrogens is 209 g/mol. The van der Waals surface area contributed by atoms with Crippen LogP contribution in [0.3, 0.4) is 0 Å². The third-order valence-corrected chi connectivity index (χ3v) is 2.49. The summed E-state index contributed by atoms with van der Waals surface area (Å²) in [5, 5.41) is 2.99. The number of esters is 1. The standard InChI is InChI=1S/C12H16FNO2/c1-14-11(7-8-12(15)16-2)9-5-3-4-6-10(9)13/h3-6,11,14H,7-8H2,1-2H3. The minimum atomic E-state index is -0.281. The number of rotatable bonds is 5. The molecule has 0 aromatic heterocycles. The molecule has 3 nitrogen and oxygen atoms in total. The fraction of sp³-hybridized carbons (Fsp3) is 0.417. The fourth-order valence-electron chi connectivity index (χ4n) is 1.58. The number of methoxy groups -OCH3 is 1. The van der Waals surface area contributed by atoms with Crippen molar-refractivity contribution in [2.24, 2.45) is 0 Å². The van der Waals surface area contributed by atoms with Crippen LogP contribution in [0.5, 0.6) is 0 Å². The summed E-state index contributed by atoms with van der Waals surface area (Å²) in [6.45, 7) is 0. The maximum Gasteiger partial charge on any atom is 0.305 e. The van der Waals surface area contributed by atoms with E-state index in [2.05, 4.69) is 10.1 Å². The predicted octanol–water partition coefficient (Wildman–Crippen LogP) is 2.04. The molecule has 1 aromatic rings. The molecule has 1 unspecified atom stereocenters. The molecule has 0 aliphatic heterocycles.